The van der Waals surface area contributed by atoms with Crippen LogP contribution in [0, 0.1) is 0 Å². The number of anilines is 3. The number of aromatic nitrogens is 1. The molecule has 0 saturated carbocycles. The van der Waals surface area contributed by atoms with Crippen LogP contribution in [-0.4, -0.2) is 4.57 Å². The fourth-order valence-corrected chi connectivity index (χ4v) is 9.83. The van der Waals surface area contributed by atoms with Crippen LogP contribution in [0.1, 0.15) is 0 Å². The third kappa shape index (κ3) is 6.44. The average molecular weight is 815 g/mol. The molecule has 0 bridgehead atoms. The fraction of sp³-hybridized carbons (Fsp3) is 0. The third-order valence-electron chi connectivity index (χ3n) is 12.8. The minimum Gasteiger partial charge on any atom is -0.310 e. The van der Waals surface area contributed by atoms with Crippen LogP contribution in [0.25, 0.3) is 93.5 Å². The monoisotopic (exact) mass is 814 g/mol. The highest BCUT2D eigenvalue weighted by atomic mass is 15.1. The molecule has 0 unspecified atom stereocenters. The van der Waals surface area contributed by atoms with E-state index >= 15 is 0 Å². The summed E-state index contributed by atoms with van der Waals surface area (Å²) in [6, 6.07) is 92.7. The molecule has 0 aliphatic carbocycles. The van der Waals surface area contributed by atoms with Gasteiger partial charge in [0.1, 0.15) is 0 Å². The maximum absolute atomic E-state index is 2.43. The lowest BCUT2D eigenvalue weighted by Crippen LogP contribution is -2.11. The van der Waals surface area contributed by atoms with Crippen molar-refractivity contribution in [2.24, 2.45) is 0 Å². The van der Waals surface area contributed by atoms with Crippen molar-refractivity contribution in [2.45, 2.75) is 0 Å². The zero-order valence-corrected chi connectivity index (χ0v) is 35.1. The first kappa shape index (κ1) is 37.3. The van der Waals surface area contributed by atoms with E-state index in [2.05, 4.69) is 264 Å². The van der Waals surface area contributed by atoms with Crippen LogP contribution >= 0.6 is 0 Å². The molecule has 2 heteroatoms. The lowest BCUT2D eigenvalue weighted by Gasteiger charge is -2.28. The summed E-state index contributed by atoms with van der Waals surface area (Å²) in [5.74, 6) is 0. The standard InChI is InChI=1S/C62H42N2/c1-3-16-43(17-4-1)47-36-41-55-48(42-47)20-14-27-54(55)46-34-39-51(40-35-46)63(50-37-32-45(33-38-50)53-26-13-19-44-18-7-8-23-52(44)53)59-29-11-9-24-56(59)57-28-15-31-61-62(57)58-25-10-12-30-60(58)64(61)49-21-5-2-6-22-49/h1-42H. The number of hydrogen-bond donors (Lipinski definition) is 0. The molecule has 0 spiro atoms. The molecule has 0 atom stereocenters. The van der Waals surface area contributed by atoms with Crippen LogP contribution in [0.4, 0.5) is 17.1 Å². The Hall–Kier alpha value is -8.46. The summed E-state index contributed by atoms with van der Waals surface area (Å²) in [4.78, 5) is 2.43. The van der Waals surface area contributed by atoms with Crippen LogP contribution in [-0.2, 0) is 0 Å². The summed E-state index contributed by atoms with van der Waals surface area (Å²) in [6.07, 6.45) is 0. The van der Waals surface area contributed by atoms with E-state index in [9.17, 15) is 0 Å². The first-order valence-electron chi connectivity index (χ1n) is 22.0. The molecule has 2 nitrogen and oxygen atoms in total. The van der Waals surface area contributed by atoms with Crippen LogP contribution < -0.4 is 4.90 Å². The zero-order chi connectivity index (χ0) is 42.4. The van der Waals surface area contributed by atoms with Crippen LogP contribution in [0.2, 0.25) is 0 Å². The highest BCUT2D eigenvalue weighted by Gasteiger charge is 2.22. The molecule has 0 aliphatic rings. The molecule has 0 aliphatic heterocycles. The van der Waals surface area contributed by atoms with Gasteiger partial charge in [-0.25, -0.2) is 0 Å². The Labute approximate surface area is 373 Å². The van der Waals surface area contributed by atoms with Gasteiger partial charge in [0.15, 0.2) is 0 Å². The fourth-order valence-electron chi connectivity index (χ4n) is 9.83. The topological polar surface area (TPSA) is 8.17 Å². The molecular formula is C62H42N2. The molecule has 0 fully saturated rings. The normalized spacial score (nSPS) is 11.4. The first-order chi connectivity index (χ1) is 31.8. The minimum atomic E-state index is 1.08. The Balaban J connectivity index is 1.02. The molecule has 0 saturated heterocycles. The smallest absolute Gasteiger partial charge is 0.0547 e. The maximum atomic E-state index is 2.43. The van der Waals surface area contributed by atoms with Crippen molar-refractivity contribution in [1.29, 1.82) is 0 Å². The van der Waals surface area contributed by atoms with E-state index in [1.165, 1.54) is 82.3 Å². The number of benzene rings is 11. The second-order valence-electron chi connectivity index (χ2n) is 16.5. The van der Waals surface area contributed by atoms with Crippen LogP contribution in [0.15, 0.2) is 255 Å². The van der Waals surface area contributed by atoms with E-state index in [1.807, 2.05) is 0 Å². The van der Waals surface area contributed by atoms with Crippen LogP contribution in [0.3, 0.4) is 0 Å². The van der Waals surface area contributed by atoms with Gasteiger partial charge in [0.05, 0.1) is 16.7 Å². The predicted octanol–water partition coefficient (Wildman–Crippen LogP) is 17.2. The number of rotatable bonds is 8. The lowest BCUT2D eigenvalue weighted by atomic mass is 9.94. The summed E-state index contributed by atoms with van der Waals surface area (Å²) in [5.41, 5.74) is 16.4. The predicted molar refractivity (Wildman–Crippen MR) is 272 cm³/mol. The molecule has 0 amide bonds. The van der Waals surface area contributed by atoms with Gasteiger partial charge in [-0.2, -0.15) is 0 Å². The molecule has 1 aromatic heterocycles. The molecule has 64 heavy (non-hydrogen) atoms. The molecule has 0 N–H and O–H groups in total. The van der Waals surface area contributed by atoms with Gasteiger partial charge in [-0.1, -0.05) is 194 Å². The molecule has 12 rings (SSSR count). The molecule has 1 heterocycles. The van der Waals surface area contributed by atoms with Gasteiger partial charge in [0.2, 0.25) is 0 Å². The third-order valence-corrected chi connectivity index (χ3v) is 12.8. The van der Waals surface area contributed by atoms with Crippen molar-refractivity contribution < 1.29 is 0 Å². The number of nitrogens with zero attached hydrogens (tertiary/aromatic N) is 2. The van der Waals surface area contributed by atoms with E-state index < -0.39 is 0 Å². The largest absolute Gasteiger partial charge is 0.310 e. The van der Waals surface area contributed by atoms with Crippen molar-refractivity contribution in [2.75, 3.05) is 4.90 Å². The summed E-state index contributed by atoms with van der Waals surface area (Å²) >= 11 is 0. The van der Waals surface area contributed by atoms with Crippen LogP contribution in [0.5, 0.6) is 0 Å². The van der Waals surface area contributed by atoms with Crippen molar-refractivity contribution in [3.63, 3.8) is 0 Å². The quantitative estimate of drug-likeness (QED) is 0.148. The second kappa shape index (κ2) is 15.8. The lowest BCUT2D eigenvalue weighted by molar-refractivity contribution is 1.18. The molecule has 300 valence electrons. The summed E-state index contributed by atoms with van der Waals surface area (Å²) in [6.45, 7) is 0. The van der Waals surface area contributed by atoms with Crippen molar-refractivity contribution in [3.8, 4) is 50.2 Å². The Kier molecular flexibility index (Phi) is 9.20. The molecule has 0 radical (unpaired) electrons. The van der Waals surface area contributed by atoms with Gasteiger partial charge in [0, 0.05) is 33.4 Å². The van der Waals surface area contributed by atoms with E-state index in [0.29, 0.717) is 0 Å². The molecule has 12 aromatic rings. The van der Waals surface area contributed by atoms with Crippen molar-refractivity contribution in [1.82, 2.24) is 4.57 Å². The summed E-state index contributed by atoms with van der Waals surface area (Å²) in [5, 5.41) is 7.43. The highest BCUT2D eigenvalue weighted by Crippen LogP contribution is 2.46. The molecular weight excluding hydrogens is 773 g/mol. The van der Waals surface area contributed by atoms with Gasteiger partial charge in [-0.3, -0.25) is 0 Å². The molecule has 11 aromatic carbocycles. The average Bonchev–Trinajstić information content (AvgIpc) is 3.72. The van der Waals surface area contributed by atoms with Gasteiger partial charge in [-0.15, -0.1) is 0 Å². The van der Waals surface area contributed by atoms with Crippen molar-refractivity contribution in [3.05, 3.63) is 255 Å². The van der Waals surface area contributed by atoms with E-state index in [4.69, 9.17) is 0 Å². The van der Waals surface area contributed by atoms with Gasteiger partial charge < -0.3 is 9.47 Å². The number of fused-ring (bicyclic) bond motifs is 5. The SMILES string of the molecule is c1ccc(-c2ccc3c(-c4ccc(N(c5ccc(-c6cccc7ccccc67)cc5)c5ccccc5-c5cccc6c5c5ccccc5n6-c5ccccc5)cc4)cccc3c2)cc1. The Bertz CT molecular complexity index is 3640. The highest BCUT2D eigenvalue weighted by molar-refractivity contribution is 6.17. The Morgan fingerprint density at radius 1 is 0.281 bits per heavy atom. The second-order valence-corrected chi connectivity index (χ2v) is 16.5. The van der Waals surface area contributed by atoms with Gasteiger partial charge >= 0.3 is 0 Å². The Morgan fingerprint density at radius 3 is 1.52 bits per heavy atom. The number of hydrogen-bond acceptors (Lipinski definition) is 1. The van der Waals surface area contributed by atoms with Gasteiger partial charge in [0.25, 0.3) is 0 Å². The van der Waals surface area contributed by atoms with Crippen molar-refractivity contribution >= 4 is 60.4 Å². The minimum absolute atomic E-state index is 1.08. The summed E-state index contributed by atoms with van der Waals surface area (Å²) < 4.78 is 2.40. The maximum Gasteiger partial charge on any atom is 0.0547 e. The van der Waals surface area contributed by atoms with E-state index in [0.717, 1.165) is 28.3 Å². The first-order valence-corrected chi connectivity index (χ1v) is 22.0. The van der Waals surface area contributed by atoms with Gasteiger partial charge in [-0.05, 0) is 121 Å². The van der Waals surface area contributed by atoms with E-state index in [-0.39, 0.29) is 0 Å². The summed E-state index contributed by atoms with van der Waals surface area (Å²) in [7, 11) is 0. The Morgan fingerprint density at radius 2 is 0.781 bits per heavy atom. The zero-order valence-electron chi connectivity index (χ0n) is 35.1. The van der Waals surface area contributed by atoms with E-state index in [1.54, 1.807) is 0 Å². The number of para-hydroxylation sites is 3.